The Bertz CT molecular complexity index is 908. The fourth-order valence-corrected chi connectivity index (χ4v) is 3.40. The van der Waals surface area contributed by atoms with Crippen molar-refractivity contribution in [3.05, 3.63) is 64.7 Å². The van der Waals surface area contributed by atoms with E-state index in [4.69, 9.17) is 21.1 Å². The van der Waals surface area contributed by atoms with Crippen molar-refractivity contribution in [2.24, 2.45) is 0 Å². The van der Waals surface area contributed by atoms with E-state index in [1.807, 2.05) is 12.1 Å². The van der Waals surface area contributed by atoms with Gasteiger partial charge in [-0.25, -0.2) is 4.79 Å². The molecule has 30 heavy (non-hydrogen) atoms. The maximum Gasteiger partial charge on any atom is 0.513 e. The third kappa shape index (κ3) is 5.73. The molecule has 8 heteroatoms. The van der Waals surface area contributed by atoms with E-state index in [2.05, 4.69) is 0 Å². The van der Waals surface area contributed by atoms with Crippen molar-refractivity contribution >= 4 is 29.6 Å². The quantitative estimate of drug-likeness (QED) is 0.536. The minimum Gasteiger partial charge on any atom is -0.434 e. The standard InChI is InChI=1S/C22H23ClN2O5/c1-2-29-22(28)30-19-8-6-17(7-9-19)21(27)25-12-10-24(11-13-25)20(26)15-16-4-3-5-18(23)14-16/h3-9,14H,2,10-13,15H2,1H3. The van der Waals surface area contributed by atoms with Gasteiger partial charge in [0.15, 0.2) is 0 Å². The lowest BCUT2D eigenvalue weighted by Crippen LogP contribution is -2.51. The van der Waals surface area contributed by atoms with Crippen LogP contribution in [0.25, 0.3) is 0 Å². The summed E-state index contributed by atoms with van der Waals surface area (Å²) in [5.41, 5.74) is 1.36. The molecule has 0 aromatic heterocycles. The van der Waals surface area contributed by atoms with Crippen LogP contribution in [0.4, 0.5) is 4.79 Å². The Morgan fingerprint density at radius 1 is 0.967 bits per heavy atom. The van der Waals surface area contributed by atoms with Crippen LogP contribution in [0.3, 0.4) is 0 Å². The normalized spacial score (nSPS) is 13.7. The zero-order valence-corrected chi connectivity index (χ0v) is 17.4. The van der Waals surface area contributed by atoms with Crippen LogP contribution in [0.2, 0.25) is 5.02 Å². The zero-order valence-electron chi connectivity index (χ0n) is 16.7. The number of hydrogen-bond donors (Lipinski definition) is 0. The summed E-state index contributed by atoms with van der Waals surface area (Å²) in [7, 11) is 0. The van der Waals surface area contributed by atoms with E-state index >= 15 is 0 Å². The molecule has 0 radical (unpaired) electrons. The summed E-state index contributed by atoms with van der Waals surface area (Å²) in [5.74, 6) is 0.200. The van der Waals surface area contributed by atoms with Crippen LogP contribution in [0, 0.1) is 0 Å². The van der Waals surface area contributed by atoms with Gasteiger partial charge < -0.3 is 19.3 Å². The number of piperazine rings is 1. The smallest absolute Gasteiger partial charge is 0.434 e. The zero-order chi connectivity index (χ0) is 21.5. The lowest BCUT2D eigenvalue weighted by molar-refractivity contribution is -0.131. The highest BCUT2D eigenvalue weighted by atomic mass is 35.5. The highest BCUT2D eigenvalue weighted by Crippen LogP contribution is 2.16. The molecule has 3 rings (SSSR count). The number of ether oxygens (including phenoxy) is 2. The molecule has 0 N–H and O–H groups in total. The van der Waals surface area contributed by atoms with Crippen molar-refractivity contribution in [2.45, 2.75) is 13.3 Å². The number of amides is 2. The minimum atomic E-state index is -0.782. The number of carbonyl (C=O) groups is 3. The molecule has 0 spiro atoms. The fraction of sp³-hybridized carbons (Fsp3) is 0.318. The van der Waals surface area contributed by atoms with Gasteiger partial charge in [0.05, 0.1) is 13.0 Å². The molecule has 0 aliphatic carbocycles. The molecular formula is C22H23ClN2O5. The summed E-state index contributed by atoms with van der Waals surface area (Å²) < 4.78 is 9.71. The summed E-state index contributed by atoms with van der Waals surface area (Å²) in [6.07, 6.45) is -0.494. The van der Waals surface area contributed by atoms with Gasteiger partial charge in [-0.15, -0.1) is 0 Å². The number of benzene rings is 2. The predicted octanol–water partition coefficient (Wildman–Crippen LogP) is 3.40. The van der Waals surface area contributed by atoms with Crippen molar-refractivity contribution in [1.82, 2.24) is 9.80 Å². The van der Waals surface area contributed by atoms with Crippen molar-refractivity contribution in [1.29, 1.82) is 0 Å². The third-order valence-corrected chi connectivity index (χ3v) is 4.96. The first kappa shape index (κ1) is 21.6. The first-order chi connectivity index (χ1) is 14.5. The van der Waals surface area contributed by atoms with E-state index in [0.717, 1.165) is 5.56 Å². The van der Waals surface area contributed by atoms with E-state index in [1.165, 1.54) is 0 Å². The van der Waals surface area contributed by atoms with Crippen LogP contribution >= 0.6 is 11.6 Å². The van der Waals surface area contributed by atoms with Crippen LogP contribution in [0.1, 0.15) is 22.8 Å². The Morgan fingerprint density at radius 3 is 2.27 bits per heavy atom. The van der Waals surface area contributed by atoms with Crippen molar-refractivity contribution in [3.63, 3.8) is 0 Å². The molecule has 1 aliphatic heterocycles. The number of rotatable bonds is 5. The number of halogens is 1. The second kappa shape index (κ2) is 10.1. The van der Waals surface area contributed by atoms with E-state index in [1.54, 1.807) is 53.1 Å². The van der Waals surface area contributed by atoms with Gasteiger partial charge in [-0.2, -0.15) is 0 Å². The minimum absolute atomic E-state index is 0.0184. The molecule has 0 saturated carbocycles. The van der Waals surface area contributed by atoms with E-state index in [9.17, 15) is 14.4 Å². The predicted molar refractivity (Wildman–Crippen MR) is 112 cm³/mol. The van der Waals surface area contributed by atoms with Gasteiger partial charge in [0, 0.05) is 36.8 Å². The summed E-state index contributed by atoms with van der Waals surface area (Å²) in [4.78, 5) is 40.1. The number of hydrogen-bond acceptors (Lipinski definition) is 5. The van der Waals surface area contributed by atoms with E-state index < -0.39 is 6.16 Å². The second-order valence-corrected chi connectivity index (χ2v) is 7.23. The Morgan fingerprint density at radius 2 is 1.63 bits per heavy atom. The molecule has 0 bridgehead atoms. The molecule has 2 amide bonds. The molecule has 0 atom stereocenters. The average molecular weight is 431 g/mol. The lowest BCUT2D eigenvalue weighted by atomic mass is 10.1. The highest BCUT2D eigenvalue weighted by molar-refractivity contribution is 6.30. The van der Waals surface area contributed by atoms with Gasteiger partial charge in [0.1, 0.15) is 5.75 Å². The SMILES string of the molecule is CCOC(=O)Oc1ccc(C(=O)N2CCN(C(=O)Cc3cccc(Cl)c3)CC2)cc1. The number of nitrogens with zero attached hydrogens (tertiary/aromatic N) is 2. The molecule has 1 heterocycles. The molecular weight excluding hydrogens is 408 g/mol. The first-order valence-corrected chi connectivity index (χ1v) is 10.1. The average Bonchev–Trinajstić information content (AvgIpc) is 2.74. The molecule has 2 aromatic carbocycles. The van der Waals surface area contributed by atoms with Crippen LogP contribution in [0.15, 0.2) is 48.5 Å². The Balaban J connectivity index is 1.51. The van der Waals surface area contributed by atoms with Gasteiger partial charge in [-0.3, -0.25) is 9.59 Å². The molecule has 1 saturated heterocycles. The second-order valence-electron chi connectivity index (χ2n) is 6.79. The van der Waals surface area contributed by atoms with Crippen molar-refractivity contribution in [3.8, 4) is 5.75 Å². The first-order valence-electron chi connectivity index (χ1n) is 9.72. The van der Waals surface area contributed by atoms with Crippen LogP contribution in [-0.4, -0.2) is 60.6 Å². The van der Waals surface area contributed by atoms with Gasteiger partial charge in [0.25, 0.3) is 5.91 Å². The highest BCUT2D eigenvalue weighted by Gasteiger charge is 2.25. The lowest BCUT2D eigenvalue weighted by Gasteiger charge is -2.35. The molecule has 158 valence electrons. The topological polar surface area (TPSA) is 76.2 Å². The molecule has 1 aliphatic rings. The Hall–Kier alpha value is -3.06. The van der Waals surface area contributed by atoms with Crippen molar-refractivity contribution < 1.29 is 23.9 Å². The summed E-state index contributed by atoms with van der Waals surface area (Å²) in [6.45, 7) is 3.80. The van der Waals surface area contributed by atoms with Crippen LogP contribution in [0.5, 0.6) is 5.75 Å². The van der Waals surface area contributed by atoms with Crippen LogP contribution in [-0.2, 0) is 16.0 Å². The maximum absolute atomic E-state index is 12.7. The van der Waals surface area contributed by atoms with E-state index in [0.29, 0.717) is 42.5 Å². The number of carbonyl (C=O) groups excluding carboxylic acids is 3. The Labute approximate surface area is 180 Å². The monoisotopic (exact) mass is 430 g/mol. The molecule has 1 fully saturated rings. The Kier molecular flexibility index (Phi) is 7.30. The molecule has 7 nitrogen and oxygen atoms in total. The van der Waals surface area contributed by atoms with Gasteiger partial charge in [0.2, 0.25) is 5.91 Å². The van der Waals surface area contributed by atoms with Crippen LogP contribution < -0.4 is 4.74 Å². The third-order valence-electron chi connectivity index (χ3n) is 4.73. The maximum atomic E-state index is 12.7. The van der Waals surface area contributed by atoms with Gasteiger partial charge >= 0.3 is 6.16 Å². The molecule has 2 aromatic rings. The summed E-state index contributed by atoms with van der Waals surface area (Å²) in [5, 5.41) is 0.606. The fourth-order valence-electron chi connectivity index (χ4n) is 3.18. The van der Waals surface area contributed by atoms with Gasteiger partial charge in [-0.05, 0) is 48.9 Å². The summed E-state index contributed by atoms with van der Waals surface area (Å²) in [6, 6.07) is 13.6. The van der Waals surface area contributed by atoms with Gasteiger partial charge in [-0.1, -0.05) is 23.7 Å². The molecule has 0 unspecified atom stereocenters. The van der Waals surface area contributed by atoms with E-state index in [-0.39, 0.29) is 24.8 Å². The summed E-state index contributed by atoms with van der Waals surface area (Å²) >= 11 is 5.98. The van der Waals surface area contributed by atoms with Crippen molar-refractivity contribution in [2.75, 3.05) is 32.8 Å². The largest absolute Gasteiger partial charge is 0.513 e.